The van der Waals surface area contributed by atoms with Gasteiger partial charge >= 0.3 is 0 Å². The minimum atomic E-state index is 0. The average Bonchev–Trinajstić information content (AvgIpc) is 2.92. The quantitative estimate of drug-likeness (QED) is 0.315. The highest BCUT2D eigenvalue weighted by Crippen LogP contribution is 2.52. The van der Waals surface area contributed by atoms with Crippen LogP contribution in [0.15, 0.2) is 35.2 Å². The predicted octanol–water partition coefficient (Wildman–Crippen LogP) is 8.01. The molecular formula is C24H29Cl3N2OS. The number of likely N-dealkylation sites (tertiary alicyclic amines) is 1. The number of pyridine rings is 1. The summed E-state index contributed by atoms with van der Waals surface area (Å²) in [4.78, 5) is 20.9. The van der Waals surface area contributed by atoms with E-state index in [1.165, 1.54) is 11.8 Å². The maximum absolute atomic E-state index is 13.3. The zero-order valence-electron chi connectivity index (χ0n) is 17.3. The van der Waals surface area contributed by atoms with Gasteiger partial charge in [0, 0.05) is 23.2 Å². The SMILES string of the molecule is C.CC1(C)C[C@@H]2C[C@@](C)(CN2C(=O)c2cccc(CSc3cc(Cl)c(Cl)cc3Cl)n2)C1. The van der Waals surface area contributed by atoms with Crippen LogP contribution in [0.3, 0.4) is 0 Å². The van der Waals surface area contributed by atoms with E-state index in [2.05, 4.69) is 30.7 Å². The lowest BCUT2D eigenvalue weighted by atomic mass is 9.65. The van der Waals surface area contributed by atoms with E-state index in [4.69, 9.17) is 34.8 Å². The Morgan fingerprint density at radius 2 is 1.84 bits per heavy atom. The van der Waals surface area contributed by atoms with E-state index in [0.717, 1.165) is 36.4 Å². The van der Waals surface area contributed by atoms with Gasteiger partial charge in [-0.1, -0.05) is 69.1 Å². The van der Waals surface area contributed by atoms with Crippen molar-refractivity contribution in [1.82, 2.24) is 9.88 Å². The summed E-state index contributed by atoms with van der Waals surface area (Å²) in [6, 6.07) is 9.37. The molecular weight excluding hydrogens is 471 g/mol. The van der Waals surface area contributed by atoms with Crippen LogP contribution in [0.2, 0.25) is 15.1 Å². The first-order valence-corrected chi connectivity index (χ1v) is 12.2. The molecule has 0 N–H and O–H groups in total. The van der Waals surface area contributed by atoms with Crippen molar-refractivity contribution in [3.63, 3.8) is 0 Å². The Morgan fingerprint density at radius 3 is 2.58 bits per heavy atom. The molecule has 31 heavy (non-hydrogen) atoms. The number of halogens is 3. The molecule has 1 aliphatic carbocycles. The Hall–Kier alpha value is -0.940. The van der Waals surface area contributed by atoms with E-state index in [0.29, 0.717) is 32.6 Å². The lowest BCUT2D eigenvalue weighted by molar-refractivity contribution is 0.0702. The fourth-order valence-electron chi connectivity index (χ4n) is 5.29. The second kappa shape index (κ2) is 9.13. The molecule has 2 heterocycles. The summed E-state index contributed by atoms with van der Waals surface area (Å²) < 4.78 is 0. The van der Waals surface area contributed by atoms with Gasteiger partial charge in [-0.3, -0.25) is 4.79 Å². The number of benzene rings is 1. The molecule has 0 radical (unpaired) electrons. The highest BCUT2D eigenvalue weighted by Gasteiger charge is 2.51. The molecule has 0 spiro atoms. The molecule has 1 aliphatic heterocycles. The molecule has 1 aromatic carbocycles. The highest BCUT2D eigenvalue weighted by atomic mass is 35.5. The first kappa shape index (κ1) is 24.7. The molecule has 2 atom stereocenters. The van der Waals surface area contributed by atoms with Crippen LogP contribution >= 0.6 is 46.6 Å². The van der Waals surface area contributed by atoms with Gasteiger partial charge in [-0.15, -0.1) is 11.8 Å². The normalized spacial score (nSPS) is 24.1. The topological polar surface area (TPSA) is 33.2 Å². The molecule has 1 aromatic heterocycles. The van der Waals surface area contributed by atoms with Crippen molar-refractivity contribution in [3.05, 3.63) is 56.8 Å². The van der Waals surface area contributed by atoms with Crippen molar-refractivity contribution >= 4 is 52.5 Å². The first-order valence-electron chi connectivity index (χ1n) is 10.1. The van der Waals surface area contributed by atoms with Crippen LogP contribution in [-0.4, -0.2) is 28.4 Å². The number of nitrogens with zero attached hydrogens (tertiary/aromatic N) is 2. The van der Waals surface area contributed by atoms with E-state index in [1.54, 1.807) is 12.1 Å². The maximum atomic E-state index is 13.3. The summed E-state index contributed by atoms with van der Waals surface area (Å²) in [5.74, 6) is 0.633. The van der Waals surface area contributed by atoms with Crippen molar-refractivity contribution in [2.75, 3.05) is 6.54 Å². The Balaban J connectivity index is 0.00000272. The number of carbonyl (C=O) groups is 1. The van der Waals surface area contributed by atoms with Gasteiger partial charge in [-0.25, -0.2) is 4.98 Å². The number of fused-ring (bicyclic) bond motifs is 2. The van der Waals surface area contributed by atoms with Crippen molar-refractivity contribution in [1.29, 1.82) is 0 Å². The van der Waals surface area contributed by atoms with Crippen molar-refractivity contribution in [2.45, 2.75) is 64.2 Å². The number of carbonyl (C=O) groups excluding carboxylic acids is 1. The molecule has 2 aromatic rings. The van der Waals surface area contributed by atoms with Gasteiger partial charge in [0.05, 0.1) is 20.8 Å². The van der Waals surface area contributed by atoms with Crippen LogP contribution in [-0.2, 0) is 5.75 Å². The number of hydrogen-bond donors (Lipinski definition) is 0. The van der Waals surface area contributed by atoms with Gasteiger partial charge in [0.1, 0.15) is 5.69 Å². The minimum Gasteiger partial charge on any atom is -0.334 e. The molecule has 2 aliphatic rings. The molecule has 7 heteroatoms. The fraction of sp³-hybridized carbons (Fsp3) is 0.500. The highest BCUT2D eigenvalue weighted by molar-refractivity contribution is 7.98. The third-order valence-electron chi connectivity index (χ3n) is 6.05. The Bertz CT molecular complexity index is 997. The van der Waals surface area contributed by atoms with Gasteiger partial charge < -0.3 is 4.90 Å². The van der Waals surface area contributed by atoms with Gasteiger partial charge in [0.2, 0.25) is 0 Å². The Labute approximate surface area is 204 Å². The maximum Gasteiger partial charge on any atom is 0.272 e. The smallest absolute Gasteiger partial charge is 0.272 e. The monoisotopic (exact) mass is 498 g/mol. The van der Waals surface area contributed by atoms with Crippen molar-refractivity contribution < 1.29 is 4.79 Å². The molecule has 3 nitrogen and oxygen atoms in total. The predicted molar refractivity (Wildman–Crippen MR) is 133 cm³/mol. The molecule has 1 saturated carbocycles. The van der Waals surface area contributed by atoms with Crippen LogP contribution in [0.25, 0.3) is 0 Å². The first-order chi connectivity index (χ1) is 14.1. The van der Waals surface area contributed by atoms with Crippen molar-refractivity contribution in [3.8, 4) is 0 Å². The molecule has 2 bridgehead atoms. The van der Waals surface area contributed by atoms with Gasteiger partial charge in [0.25, 0.3) is 5.91 Å². The van der Waals surface area contributed by atoms with Crippen LogP contribution in [0, 0.1) is 10.8 Å². The summed E-state index contributed by atoms with van der Waals surface area (Å²) >= 11 is 19.9. The van der Waals surface area contributed by atoms with Gasteiger partial charge in [0.15, 0.2) is 0 Å². The van der Waals surface area contributed by atoms with Crippen LogP contribution < -0.4 is 0 Å². The fourth-order valence-corrected chi connectivity index (χ4v) is 6.93. The van der Waals surface area contributed by atoms with Crippen molar-refractivity contribution in [2.24, 2.45) is 10.8 Å². The lowest BCUT2D eigenvalue weighted by Crippen LogP contribution is -2.38. The number of hydrogen-bond acceptors (Lipinski definition) is 3. The molecule has 1 amide bonds. The summed E-state index contributed by atoms with van der Waals surface area (Å²) in [5.41, 5.74) is 1.83. The lowest BCUT2D eigenvalue weighted by Gasteiger charge is -2.39. The minimum absolute atomic E-state index is 0. The standard InChI is InChI=1S/C23H25Cl3N2OS.CH4/c1-22(2)9-15-10-23(3,12-22)13-28(15)21(29)19-6-4-5-14(27-19)11-30-20-8-17(25)16(24)7-18(20)26;/h4-8,15H,9-13H2,1-3H3;1H4/t15-,23-;/m1./s1. The number of thioether (sulfide) groups is 1. The van der Waals surface area contributed by atoms with E-state index in [1.807, 2.05) is 18.2 Å². The van der Waals surface area contributed by atoms with Crippen LogP contribution in [0.1, 0.15) is 63.6 Å². The van der Waals surface area contributed by atoms with Gasteiger partial charge in [-0.2, -0.15) is 0 Å². The molecule has 168 valence electrons. The largest absolute Gasteiger partial charge is 0.334 e. The van der Waals surface area contributed by atoms with E-state index < -0.39 is 0 Å². The second-order valence-electron chi connectivity index (χ2n) is 9.65. The van der Waals surface area contributed by atoms with Crippen LogP contribution in [0.4, 0.5) is 0 Å². The van der Waals surface area contributed by atoms with Gasteiger partial charge in [-0.05, 0) is 54.4 Å². The summed E-state index contributed by atoms with van der Waals surface area (Å²) in [6.07, 6.45) is 3.31. The zero-order chi connectivity index (χ0) is 21.7. The second-order valence-corrected chi connectivity index (χ2v) is 11.9. The average molecular weight is 500 g/mol. The number of amides is 1. The van der Waals surface area contributed by atoms with E-state index in [-0.39, 0.29) is 24.2 Å². The van der Waals surface area contributed by atoms with Crippen LogP contribution in [0.5, 0.6) is 0 Å². The molecule has 0 unspecified atom stereocenters. The van der Waals surface area contributed by atoms with E-state index >= 15 is 0 Å². The number of aromatic nitrogens is 1. The summed E-state index contributed by atoms with van der Waals surface area (Å²) in [6.45, 7) is 7.76. The number of rotatable bonds is 4. The molecule has 2 fully saturated rings. The zero-order valence-corrected chi connectivity index (χ0v) is 20.4. The summed E-state index contributed by atoms with van der Waals surface area (Å²) in [5, 5.41) is 1.46. The third kappa shape index (κ3) is 5.35. The molecule has 1 saturated heterocycles. The van der Waals surface area contributed by atoms with E-state index in [9.17, 15) is 4.79 Å². The third-order valence-corrected chi connectivity index (χ3v) is 8.29. The Morgan fingerprint density at radius 1 is 1.13 bits per heavy atom. The summed E-state index contributed by atoms with van der Waals surface area (Å²) in [7, 11) is 0. The molecule has 4 rings (SSSR count). The Kier molecular flexibility index (Phi) is 7.27.